The molecule has 0 unspecified atom stereocenters. The number of benzene rings is 2. The fourth-order valence-corrected chi connectivity index (χ4v) is 3.93. The van der Waals surface area contributed by atoms with Gasteiger partial charge in [-0.1, -0.05) is 17.7 Å². The number of anilines is 2. The molecule has 154 valence electrons. The van der Waals surface area contributed by atoms with Crippen LogP contribution in [0.1, 0.15) is 29.8 Å². The Morgan fingerprint density at radius 2 is 1.90 bits per heavy atom. The highest BCUT2D eigenvalue weighted by Gasteiger charge is 2.22. The number of hydrogen-bond acceptors (Lipinski definition) is 3. The largest absolute Gasteiger partial charge is 0.326 e. The second-order valence-electron chi connectivity index (χ2n) is 7.46. The lowest BCUT2D eigenvalue weighted by atomic mass is 10.1. The van der Waals surface area contributed by atoms with Gasteiger partial charge in [-0.25, -0.2) is 4.68 Å². The van der Waals surface area contributed by atoms with Crippen molar-refractivity contribution in [3.8, 4) is 5.69 Å². The third kappa shape index (κ3) is 4.09. The fourth-order valence-electron chi connectivity index (χ4n) is 3.80. The van der Waals surface area contributed by atoms with Gasteiger partial charge in [-0.15, -0.1) is 0 Å². The first kappa shape index (κ1) is 20.2. The van der Waals surface area contributed by atoms with Gasteiger partial charge in [-0.05, 0) is 62.7 Å². The van der Waals surface area contributed by atoms with E-state index < -0.39 is 0 Å². The third-order valence-corrected chi connectivity index (χ3v) is 5.62. The van der Waals surface area contributed by atoms with E-state index in [4.69, 9.17) is 11.6 Å². The Morgan fingerprint density at radius 1 is 1.13 bits per heavy atom. The van der Waals surface area contributed by atoms with Crippen LogP contribution in [0.15, 0.2) is 48.5 Å². The number of hydrogen-bond donors (Lipinski definition) is 1. The zero-order valence-electron chi connectivity index (χ0n) is 17.0. The maximum Gasteiger partial charge on any atom is 0.228 e. The summed E-state index contributed by atoms with van der Waals surface area (Å²) in [5.74, 6) is 0.00101. The molecule has 0 bridgehead atoms. The van der Waals surface area contributed by atoms with Crippen LogP contribution in [0.5, 0.6) is 0 Å². The van der Waals surface area contributed by atoms with Crippen molar-refractivity contribution in [1.82, 2.24) is 9.78 Å². The average molecular weight is 423 g/mol. The molecule has 1 fully saturated rings. The van der Waals surface area contributed by atoms with E-state index in [-0.39, 0.29) is 18.2 Å². The fraction of sp³-hybridized carbons (Fsp3) is 0.261. The van der Waals surface area contributed by atoms with Crippen LogP contribution in [0.3, 0.4) is 0 Å². The van der Waals surface area contributed by atoms with Crippen LogP contribution < -0.4 is 10.2 Å². The quantitative estimate of drug-likeness (QED) is 0.660. The first-order chi connectivity index (χ1) is 14.4. The van der Waals surface area contributed by atoms with E-state index in [1.54, 1.807) is 4.90 Å². The van der Waals surface area contributed by atoms with Crippen LogP contribution in [0.25, 0.3) is 5.69 Å². The normalized spacial score (nSPS) is 13.7. The summed E-state index contributed by atoms with van der Waals surface area (Å²) in [5, 5.41) is 8.21. The van der Waals surface area contributed by atoms with Crippen molar-refractivity contribution in [2.24, 2.45) is 0 Å². The smallest absolute Gasteiger partial charge is 0.228 e. The summed E-state index contributed by atoms with van der Waals surface area (Å²) in [5.41, 5.74) is 5.02. The lowest BCUT2D eigenvalue weighted by Gasteiger charge is -2.16. The summed E-state index contributed by atoms with van der Waals surface area (Å²) in [6.07, 6.45) is 1.66. The number of amides is 2. The predicted octanol–water partition coefficient (Wildman–Crippen LogP) is 4.45. The molecule has 3 aromatic rings. The lowest BCUT2D eigenvalue weighted by molar-refractivity contribution is -0.117. The molecule has 6 nitrogen and oxygen atoms in total. The van der Waals surface area contributed by atoms with Crippen molar-refractivity contribution < 1.29 is 9.59 Å². The Labute approximate surface area is 180 Å². The minimum Gasteiger partial charge on any atom is -0.326 e. The SMILES string of the molecule is Cc1nn(-c2ccc(Cl)cc2)c(C)c1CC(=O)Nc1cccc(N2CCCC2=O)c1. The Kier molecular flexibility index (Phi) is 5.59. The summed E-state index contributed by atoms with van der Waals surface area (Å²) in [6.45, 7) is 4.58. The molecule has 2 aromatic carbocycles. The number of aromatic nitrogens is 2. The minimum atomic E-state index is -0.123. The van der Waals surface area contributed by atoms with Crippen LogP contribution in [-0.4, -0.2) is 28.1 Å². The summed E-state index contributed by atoms with van der Waals surface area (Å²) in [7, 11) is 0. The molecule has 30 heavy (non-hydrogen) atoms. The maximum absolute atomic E-state index is 12.7. The number of rotatable bonds is 5. The van der Waals surface area contributed by atoms with E-state index in [9.17, 15) is 9.59 Å². The number of carbonyl (C=O) groups excluding carboxylic acids is 2. The van der Waals surface area contributed by atoms with Crippen molar-refractivity contribution in [3.63, 3.8) is 0 Å². The van der Waals surface area contributed by atoms with Crippen molar-refractivity contribution in [2.75, 3.05) is 16.8 Å². The Balaban J connectivity index is 1.50. The average Bonchev–Trinajstić information content (AvgIpc) is 3.27. The Bertz CT molecular complexity index is 1100. The molecule has 0 spiro atoms. The van der Waals surface area contributed by atoms with Gasteiger partial charge < -0.3 is 10.2 Å². The second kappa shape index (κ2) is 8.32. The summed E-state index contributed by atoms with van der Waals surface area (Å²) in [6, 6.07) is 14.9. The van der Waals surface area contributed by atoms with Crippen LogP contribution in [-0.2, 0) is 16.0 Å². The number of aryl methyl sites for hydroxylation is 1. The lowest BCUT2D eigenvalue weighted by Crippen LogP contribution is -2.24. The molecular weight excluding hydrogens is 400 g/mol. The van der Waals surface area contributed by atoms with Crippen LogP contribution in [0.2, 0.25) is 5.02 Å². The molecule has 0 atom stereocenters. The highest BCUT2D eigenvalue weighted by molar-refractivity contribution is 6.30. The second-order valence-corrected chi connectivity index (χ2v) is 7.90. The summed E-state index contributed by atoms with van der Waals surface area (Å²) in [4.78, 5) is 26.5. The maximum atomic E-state index is 12.7. The monoisotopic (exact) mass is 422 g/mol. The first-order valence-corrected chi connectivity index (χ1v) is 10.3. The van der Waals surface area contributed by atoms with E-state index in [1.165, 1.54) is 0 Å². The van der Waals surface area contributed by atoms with Gasteiger partial charge in [0.2, 0.25) is 11.8 Å². The van der Waals surface area contributed by atoms with E-state index in [2.05, 4.69) is 10.4 Å². The minimum absolute atomic E-state index is 0.123. The van der Waals surface area contributed by atoms with Gasteiger partial charge in [0.1, 0.15) is 0 Å². The molecule has 1 aromatic heterocycles. The van der Waals surface area contributed by atoms with Crippen molar-refractivity contribution >= 4 is 34.8 Å². The molecule has 1 N–H and O–H groups in total. The Morgan fingerprint density at radius 3 is 2.60 bits per heavy atom. The van der Waals surface area contributed by atoms with Gasteiger partial charge >= 0.3 is 0 Å². The molecule has 7 heteroatoms. The molecule has 0 radical (unpaired) electrons. The van der Waals surface area contributed by atoms with Gasteiger partial charge in [0.25, 0.3) is 0 Å². The van der Waals surface area contributed by atoms with E-state index >= 15 is 0 Å². The number of halogens is 1. The number of nitrogens with zero attached hydrogens (tertiary/aromatic N) is 3. The van der Waals surface area contributed by atoms with Gasteiger partial charge in [0.05, 0.1) is 17.8 Å². The highest BCUT2D eigenvalue weighted by atomic mass is 35.5. The molecule has 0 aliphatic carbocycles. The zero-order valence-corrected chi connectivity index (χ0v) is 17.7. The number of nitrogens with one attached hydrogen (secondary N) is 1. The van der Waals surface area contributed by atoms with Crippen LogP contribution in [0.4, 0.5) is 11.4 Å². The molecule has 1 aliphatic rings. The topological polar surface area (TPSA) is 67.2 Å². The highest BCUT2D eigenvalue weighted by Crippen LogP contribution is 2.25. The molecule has 4 rings (SSSR count). The van der Waals surface area contributed by atoms with Crippen LogP contribution in [0, 0.1) is 13.8 Å². The summed E-state index contributed by atoms with van der Waals surface area (Å²) < 4.78 is 1.83. The van der Waals surface area contributed by atoms with Gasteiger partial charge in [0.15, 0.2) is 0 Å². The number of carbonyl (C=O) groups is 2. The van der Waals surface area contributed by atoms with Crippen molar-refractivity contribution in [2.45, 2.75) is 33.1 Å². The molecule has 2 amide bonds. The van der Waals surface area contributed by atoms with Gasteiger partial charge in [0, 0.05) is 40.6 Å². The van der Waals surface area contributed by atoms with E-state index in [0.29, 0.717) is 17.1 Å². The van der Waals surface area contributed by atoms with Crippen molar-refractivity contribution in [3.05, 3.63) is 70.5 Å². The zero-order chi connectivity index (χ0) is 21.3. The third-order valence-electron chi connectivity index (χ3n) is 5.36. The molecule has 1 aliphatic heterocycles. The molecule has 0 saturated carbocycles. The van der Waals surface area contributed by atoms with Gasteiger partial charge in [-0.3, -0.25) is 9.59 Å². The van der Waals surface area contributed by atoms with Crippen molar-refractivity contribution in [1.29, 1.82) is 0 Å². The summed E-state index contributed by atoms with van der Waals surface area (Å²) >= 11 is 5.98. The molecular formula is C23H23ClN4O2. The van der Waals surface area contributed by atoms with Gasteiger partial charge in [-0.2, -0.15) is 5.10 Å². The molecule has 1 saturated heterocycles. The Hall–Kier alpha value is -3.12. The predicted molar refractivity (Wildman–Crippen MR) is 118 cm³/mol. The standard InChI is InChI=1S/C23H23ClN4O2/c1-15-21(16(2)28(26-15)19-10-8-17(24)9-11-19)14-22(29)25-18-5-3-6-20(13-18)27-12-4-7-23(27)30/h3,5-6,8-11,13H,4,7,12,14H2,1-2H3,(H,25,29). The van der Waals surface area contributed by atoms with Crippen LogP contribution >= 0.6 is 11.6 Å². The molecule has 2 heterocycles. The van der Waals surface area contributed by atoms with E-state index in [1.807, 2.05) is 67.1 Å². The van der Waals surface area contributed by atoms with E-state index in [0.717, 1.165) is 41.3 Å². The first-order valence-electron chi connectivity index (χ1n) is 9.93.